The second-order valence-electron chi connectivity index (χ2n) is 23.3. The average molecular weight is 1350 g/mol. The molecule has 2 aliphatic rings. The summed E-state index contributed by atoms with van der Waals surface area (Å²) >= 11 is 31.6. The van der Waals surface area contributed by atoms with E-state index >= 15 is 0 Å². The molecule has 0 aromatic heterocycles. The largest absolute Gasteiger partial charge is 0.384 e. The Hall–Kier alpha value is -4.73. The van der Waals surface area contributed by atoms with Gasteiger partial charge in [0.2, 0.25) is 35.4 Å². The number of Topliss-reactive ketones (excluding diaryl/α,β-unsaturated/α-hetero) is 1. The maximum absolute atomic E-state index is 14.3. The van der Waals surface area contributed by atoms with Gasteiger partial charge in [-0.1, -0.05) is 109 Å². The summed E-state index contributed by atoms with van der Waals surface area (Å²) in [4.78, 5) is 113. The number of rotatable bonds is 26. The van der Waals surface area contributed by atoms with Gasteiger partial charge in [-0.05, 0) is 96.5 Å². The summed E-state index contributed by atoms with van der Waals surface area (Å²) in [6.45, 7) is 22.5. The number of carbonyl (C=O) groups excluding carboxylic acids is 8. The maximum Gasteiger partial charge on any atom is 0.252 e. The third-order valence-corrected chi connectivity index (χ3v) is 17.9. The van der Waals surface area contributed by atoms with Crippen molar-refractivity contribution in [3.8, 4) is 0 Å². The van der Waals surface area contributed by atoms with E-state index in [9.17, 15) is 48.6 Å². The number of likely N-dealkylation sites (N-methyl/N-ethyl adjacent to an activating group) is 1. The number of quaternary nitrogens is 1. The highest BCUT2D eigenvalue weighted by molar-refractivity contribution is 8.02. The van der Waals surface area contributed by atoms with Crippen LogP contribution in [0.5, 0.6) is 0 Å². The number of hydrogen-bond donors (Lipinski definition) is 15. The molecular weight excluding hydrogens is 1250 g/mol. The molecule has 87 heavy (non-hydrogen) atoms. The molecular formula is C56H95N14O10S7+. The number of amides is 7. The average Bonchev–Trinajstić information content (AvgIpc) is 2.68. The molecule has 0 aliphatic carbocycles. The van der Waals surface area contributed by atoms with E-state index in [1.54, 1.807) is 57.6 Å². The van der Waals surface area contributed by atoms with E-state index in [1.165, 1.54) is 32.4 Å². The van der Waals surface area contributed by atoms with Crippen molar-refractivity contribution in [2.45, 2.75) is 194 Å². The number of nitrogens with one attached hydrogen (secondary N) is 13. The van der Waals surface area contributed by atoms with Gasteiger partial charge in [0.15, 0.2) is 6.67 Å². The molecule has 0 saturated carbocycles. The van der Waals surface area contributed by atoms with Crippen molar-refractivity contribution in [2.75, 3.05) is 38.5 Å². The predicted octanol–water partition coefficient (Wildman–Crippen LogP) is -0.392. The second kappa shape index (κ2) is 37.4. The van der Waals surface area contributed by atoms with Crippen LogP contribution in [-0.2, 0) is 38.4 Å². The zero-order valence-electron chi connectivity index (χ0n) is 52.8. The Kier molecular flexibility index (Phi) is 33.7. The minimum atomic E-state index is -1.92. The number of thiocarbonyl (C=S) groups is 5. The zero-order valence-corrected chi connectivity index (χ0v) is 58.5. The molecule has 2 aliphatic heterocycles. The minimum absolute atomic E-state index is 0.0974. The van der Waals surface area contributed by atoms with Gasteiger partial charge >= 0.3 is 0 Å². The molecule has 0 bridgehead atoms. The van der Waals surface area contributed by atoms with Gasteiger partial charge in [-0.3, -0.25) is 43.3 Å². The summed E-state index contributed by atoms with van der Waals surface area (Å²) in [5.74, 6) is -5.40. The Balaban J connectivity index is 2.26. The Labute approximate surface area is 548 Å². The summed E-state index contributed by atoms with van der Waals surface area (Å²) in [6.07, 6.45) is 4.29. The van der Waals surface area contributed by atoms with Crippen LogP contribution < -0.4 is 68.7 Å². The molecule has 490 valence electrons. The summed E-state index contributed by atoms with van der Waals surface area (Å²) in [5.41, 5.74) is -1.53. The number of thioether (sulfide) groups is 2. The molecule has 2 rings (SSSR count). The fraction of sp³-hybridized carbons (Fsp3) is 0.696. The third kappa shape index (κ3) is 26.0. The Bertz CT molecular complexity index is 2560. The highest BCUT2D eigenvalue weighted by Crippen LogP contribution is 2.17. The van der Waals surface area contributed by atoms with Crippen LogP contribution in [0.25, 0.3) is 0 Å². The van der Waals surface area contributed by atoms with Crippen LogP contribution >= 0.6 is 84.6 Å². The van der Waals surface area contributed by atoms with Gasteiger partial charge in [-0.2, -0.15) is 11.8 Å². The van der Waals surface area contributed by atoms with Crippen molar-refractivity contribution >= 4 is 157 Å². The van der Waals surface area contributed by atoms with E-state index in [4.69, 9.17) is 61.1 Å². The highest BCUT2D eigenvalue weighted by Gasteiger charge is 2.40. The van der Waals surface area contributed by atoms with Gasteiger partial charge in [-0.15, -0.1) is 11.8 Å². The number of ketones is 1. The summed E-state index contributed by atoms with van der Waals surface area (Å²) in [5, 5.41) is 58.8. The molecule has 15 unspecified atom stereocenters. The van der Waals surface area contributed by atoms with Gasteiger partial charge in [0, 0.05) is 25.4 Å². The van der Waals surface area contributed by atoms with Crippen LogP contribution in [0.2, 0.25) is 0 Å². The lowest BCUT2D eigenvalue weighted by molar-refractivity contribution is -0.826. The lowest BCUT2D eigenvalue weighted by Gasteiger charge is -2.32. The fourth-order valence-electron chi connectivity index (χ4n) is 8.86. The monoisotopic (exact) mass is 1350 g/mol. The fourth-order valence-corrected chi connectivity index (χ4v) is 11.6. The molecule has 0 saturated heterocycles. The van der Waals surface area contributed by atoms with Gasteiger partial charge in [0.25, 0.3) is 5.91 Å². The molecule has 0 radical (unpaired) electrons. The van der Waals surface area contributed by atoms with Crippen LogP contribution in [-0.4, -0.2) is 204 Å². The number of carbonyl (C=O) groups is 8. The highest BCUT2D eigenvalue weighted by atomic mass is 32.2. The molecule has 24 nitrogen and oxygen atoms in total. The minimum Gasteiger partial charge on any atom is -0.384 e. The first-order valence-corrected chi connectivity index (χ1v) is 33.5. The third-order valence-electron chi connectivity index (χ3n) is 14.3. The molecule has 15 N–H and O–H groups in total. The van der Waals surface area contributed by atoms with Gasteiger partial charge in [-0.25, -0.2) is 0 Å². The van der Waals surface area contributed by atoms with Crippen molar-refractivity contribution in [1.29, 1.82) is 0 Å². The van der Waals surface area contributed by atoms with Crippen LogP contribution in [0.1, 0.15) is 116 Å². The normalized spacial score (nSPS) is 23.4. The van der Waals surface area contributed by atoms with Gasteiger partial charge in [0.05, 0.1) is 62.2 Å². The Morgan fingerprint density at radius 2 is 1.32 bits per heavy atom. The molecule has 31 heteroatoms. The SMILES string of the molecule is CCC(C)C1NC(=O)C(NC(=O)C(C)NC(=S)C(C)NC(=S)C(C)NC(=S)C(C)NC(=S)C(CCSC)NC(=S)C(NC(=O)C(C)(O)CC(C)=O)C(C)C)CSC=CNC(=O)C(C(O)C2=C[NH+](C)CN2C)NC(=O)C(CC(C)C)NC(=O)C(C)NC1=O. The first-order valence-electron chi connectivity index (χ1n) is 29.0. The number of hydrogen-bond acceptors (Lipinski definition) is 18. The molecule has 0 aromatic carbocycles. The molecule has 2 heterocycles. The van der Waals surface area contributed by atoms with Crippen molar-refractivity contribution in [3.05, 3.63) is 23.5 Å². The summed E-state index contributed by atoms with van der Waals surface area (Å²) < 4.78 is 0. The van der Waals surface area contributed by atoms with E-state index in [0.29, 0.717) is 45.2 Å². The lowest BCUT2D eigenvalue weighted by atomic mass is 9.96. The Morgan fingerprint density at radius 1 is 0.770 bits per heavy atom. The number of aliphatic hydroxyl groups is 2. The quantitative estimate of drug-likeness (QED) is 0.0491. The van der Waals surface area contributed by atoms with Crippen LogP contribution in [0.3, 0.4) is 0 Å². The van der Waals surface area contributed by atoms with E-state index < -0.39 is 125 Å². The van der Waals surface area contributed by atoms with Gasteiger partial charge in [0.1, 0.15) is 65.6 Å². The second-order valence-corrected chi connectivity index (χ2v) is 27.4. The number of nitrogens with zero attached hydrogens (tertiary/aromatic N) is 1. The molecule has 0 aromatic rings. The molecule has 15 atom stereocenters. The summed E-state index contributed by atoms with van der Waals surface area (Å²) in [6, 6.07) is -10.0. The van der Waals surface area contributed by atoms with Crippen LogP contribution in [0.15, 0.2) is 23.5 Å². The van der Waals surface area contributed by atoms with Crippen molar-refractivity contribution in [2.24, 2.45) is 17.8 Å². The number of aliphatic hydroxyl groups excluding tert-OH is 1. The van der Waals surface area contributed by atoms with E-state index in [2.05, 4.69) is 63.8 Å². The van der Waals surface area contributed by atoms with Crippen LogP contribution in [0, 0.1) is 17.8 Å². The maximum atomic E-state index is 14.3. The first-order chi connectivity index (χ1) is 40.5. The summed E-state index contributed by atoms with van der Waals surface area (Å²) in [7, 11) is 3.61. The standard InChI is InChI=1S/C56H94N14O10S7/c1-17-29(6)41-49(78)58-31(8)44(73)63-37(22-27(2)3)46(75)67-42(43(72)39-24-69(14)26-70(39)15)48(77)57-19-21-87-25-38(47(76)66-41)64-45(74)32(9)59-50(81)33(10)60-51(82)34(11)61-52(83)35(12)62-53(84)36(18-20-86-16)65-54(85)40(28(4)5)68-55(79)56(13,80)23-30(7)71/h19,21,24,27-29,31-38,40-43,72,80H,17-18,20,22-23,25-26H2,1-16H3,(H,57,77)(H,58,78)(H,59,81)(H,60,82)(H,61,83)(H,62,84)(H,63,73)(H,64,74)(H,65,85)(H,66,76)(H,67,75)(H,68,79)/p+1. The zero-order chi connectivity index (χ0) is 66.4. The first kappa shape index (κ1) is 78.4. The van der Waals surface area contributed by atoms with Crippen molar-refractivity contribution in [1.82, 2.24) is 68.7 Å². The van der Waals surface area contributed by atoms with Gasteiger partial charge < -0.3 is 78.9 Å². The lowest BCUT2D eigenvalue weighted by Crippen LogP contribution is -3.03. The predicted molar refractivity (Wildman–Crippen MR) is 364 cm³/mol. The van der Waals surface area contributed by atoms with E-state index in [-0.39, 0.29) is 41.2 Å². The van der Waals surface area contributed by atoms with Crippen LogP contribution in [0.4, 0.5) is 0 Å². The molecule has 0 spiro atoms. The molecule has 7 amide bonds. The Morgan fingerprint density at radius 3 is 1.83 bits per heavy atom. The smallest absolute Gasteiger partial charge is 0.252 e. The van der Waals surface area contributed by atoms with E-state index in [0.717, 1.165) is 22.4 Å². The van der Waals surface area contributed by atoms with Crippen molar-refractivity contribution < 1.29 is 53.5 Å². The molecule has 0 fully saturated rings. The topological polar surface area (TPSA) is 329 Å². The van der Waals surface area contributed by atoms with E-state index in [1.807, 2.05) is 54.8 Å². The van der Waals surface area contributed by atoms with Crippen molar-refractivity contribution in [3.63, 3.8) is 0 Å².